The normalized spacial score (nSPS) is 21.0. The van der Waals surface area contributed by atoms with E-state index in [-0.39, 0.29) is 96.8 Å². The standard InChI is InChI=1S/C59H68F2N10O8S/c1-6-42-45(60)17-14-36-23-40(73)24-43(49(36)42)51-50(61)52-44(26-62-51)55(70-27-37-15-16-38(28-70)64-37)68-58(67-52)79-31-39-9-7-19-69(39)20-8-21-78-22-18-48(75)66-54(59(3,4)5)57(77)71-29-41(74)25-47(71)56(76)65-46(30-72)34-10-12-35(13-11-34)53-33(2)63-32-80-53/h1,10-14,17,23-24,26,32,37-39,41,46-47,54,64,72-74H,7-9,15-16,18-22,25,27-31H2,2-5H3,(H,65,76)(H,66,75)/t37?,38?,39-,41+,46?,47-,54+/m0/s1. The molecule has 80 heavy (non-hydrogen) atoms. The number of nitrogens with one attached hydrogen (secondary N) is 3. The van der Waals surface area contributed by atoms with Gasteiger partial charge >= 0.3 is 6.01 Å². The molecule has 0 radical (unpaired) electrons. The summed E-state index contributed by atoms with van der Waals surface area (Å²) in [5, 5.41) is 42.2. The van der Waals surface area contributed by atoms with Crippen molar-refractivity contribution in [3.8, 4) is 45.8 Å². The summed E-state index contributed by atoms with van der Waals surface area (Å²) in [5.74, 6) is -0.136. The van der Waals surface area contributed by atoms with Crippen molar-refractivity contribution in [1.82, 2.24) is 45.7 Å². The molecule has 18 nitrogen and oxygen atoms in total. The predicted octanol–water partition coefficient (Wildman–Crippen LogP) is 6.17. The maximum atomic E-state index is 17.1. The fourth-order valence-electron chi connectivity index (χ4n) is 11.7. The van der Waals surface area contributed by atoms with E-state index in [1.807, 2.05) is 52.0 Å². The van der Waals surface area contributed by atoms with Gasteiger partial charge in [0, 0.05) is 80.9 Å². The molecule has 7 atom stereocenters. The summed E-state index contributed by atoms with van der Waals surface area (Å²) in [7, 11) is 0. The van der Waals surface area contributed by atoms with Crippen molar-refractivity contribution in [1.29, 1.82) is 0 Å². The van der Waals surface area contributed by atoms with Crippen LogP contribution in [-0.4, -0.2) is 158 Å². The molecule has 10 rings (SSSR count). The van der Waals surface area contributed by atoms with Crippen LogP contribution in [0.15, 0.2) is 60.2 Å². The van der Waals surface area contributed by atoms with Crippen LogP contribution in [0.2, 0.25) is 0 Å². The molecule has 6 aromatic rings. The summed E-state index contributed by atoms with van der Waals surface area (Å²) < 4.78 is 44.5. The molecule has 3 unspecified atom stereocenters. The van der Waals surface area contributed by atoms with E-state index in [9.17, 15) is 29.7 Å². The van der Waals surface area contributed by atoms with Crippen molar-refractivity contribution in [2.45, 2.75) is 115 Å². The number of carbonyl (C=O) groups excluding carboxylic acids is 3. The maximum absolute atomic E-state index is 17.1. The molecule has 3 amide bonds. The second-order valence-corrected chi connectivity index (χ2v) is 23.3. The number of aryl methyl sites for hydroxylation is 1. The molecule has 3 aromatic heterocycles. The number of fused-ring (bicyclic) bond motifs is 4. The van der Waals surface area contributed by atoms with Gasteiger partial charge in [-0.3, -0.25) is 24.3 Å². The number of phenolic OH excluding ortho intramolecular Hbond substituents is 1. The number of aromatic hydroxyl groups is 1. The molecule has 21 heteroatoms. The van der Waals surface area contributed by atoms with Gasteiger partial charge in [-0.25, -0.2) is 13.8 Å². The number of benzene rings is 3. The fraction of sp³-hybridized carbons (Fsp3) is 0.475. The molecule has 422 valence electrons. The maximum Gasteiger partial charge on any atom is 0.319 e. The number of aliphatic hydroxyl groups excluding tert-OH is 2. The van der Waals surface area contributed by atoms with Crippen LogP contribution in [0.5, 0.6) is 11.8 Å². The molecule has 0 saturated carbocycles. The number of pyridine rings is 1. The van der Waals surface area contributed by atoms with Gasteiger partial charge in [-0.05, 0) is 85.7 Å². The Bertz CT molecular complexity index is 3300. The van der Waals surface area contributed by atoms with Gasteiger partial charge in [-0.15, -0.1) is 17.8 Å². The van der Waals surface area contributed by atoms with Crippen LogP contribution in [0.1, 0.15) is 88.6 Å². The smallest absolute Gasteiger partial charge is 0.319 e. The second kappa shape index (κ2) is 24.0. The van der Waals surface area contributed by atoms with Crippen LogP contribution in [0, 0.1) is 36.3 Å². The minimum Gasteiger partial charge on any atom is -0.508 e. The summed E-state index contributed by atoms with van der Waals surface area (Å²) in [5.41, 5.74) is 3.44. The van der Waals surface area contributed by atoms with Gasteiger partial charge in [0.2, 0.25) is 17.7 Å². The molecule has 7 heterocycles. The highest BCUT2D eigenvalue weighted by molar-refractivity contribution is 7.13. The lowest BCUT2D eigenvalue weighted by Gasteiger charge is -2.35. The van der Waals surface area contributed by atoms with Crippen molar-refractivity contribution in [3.63, 3.8) is 0 Å². The topological polar surface area (TPSA) is 228 Å². The molecule has 4 fully saturated rings. The van der Waals surface area contributed by atoms with E-state index >= 15 is 8.78 Å². The van der Waals surface area contributed by atoms with Gasteiger partial charge in [0.15, 0.2) is 5.82 Å². The molecule has 0 spiro atoms. The third kappa shape index (κ3) is 12.1. The molecular formula is C59H68F2N10O8S. The van der Waals surface area contributed by atoms with E-state index in [2.05, 4.69) is 46.6 Å². The molecule has 6 N–H and O–H groups in total. The van der Waals surface area contributed by atoms with Crippen molar-refractivity contribution in [2.24, 2.45) is 5.41 Å². The Morgan fingerprint density at radius 1 is 1.00 bits per heavy atom. The minimum absolute atomic E-state index is 0.00323. The lowest BCUT2D eigenvalue weighted by atomic mass is 9.85. The SMILES string of the molecule is C#Cc1c(F)ccc2cc(O)cc(-c3ncc4c(N5CC6CCC(C5)N6)nc(OC[C@@H]5CCCN5CCCOCCC(=O)N[C@H](C(=O)N5C[C@H](O)C[C@H]5C(=O)NC(CO)c5ccc(-c6scnc6C)cc5)C(C)(C)C)nc4c3F)c12. The minimum atomic E-state index is -1.02. The number of hydrogen-bond donors (Lipinski definition) is 6. The Kier molecular flexibility index (Phi) is 16.9. The van der Waals surface area contributed by atoms with Crippen molar-refractivity contribution >= 4 is 56.6 Å². The second-order valence-electron chi connectivity index (χ2n) is 22.5. The number of piperazine rings is 1. The Labute approximate surface area is 467 Å². The summed E-state index contributed by atoms with van der Waals surface area (Å²) >= 11 is 1.52. The lowest BCUT2D eigenvalue weighted by Crippen LogP contribution is -2.58. The largest absolute Gasteiger partial charge is 0.508 e. The number of carbonyl (C=O) groups is 3. The number of hydrogen-bond acceptors (Lipinski definition) is 16. The van der Waals surface area contributed by atoms with Crippen LogP contribution in [0.4, 0.5) is 14.6 Å². The summed E-state index contributed by atoms with van der Waals surface area (Å²) in [6.45, 7) is 10.5. The average Bonchev–Trinajstić information content (AvgIpc) is 4.36. The number of likely N-dealkylation sites (tertiary alicyclic amines) is 2. The third-order valence-electron chi connectivity index (χ3n) is 15.8. The zero-order valence-electron chi connectivity index (χ0n) is 45.4. The number of thiazole rings is 1. The third-order valence-corrected chi connectivity index (χ3v) is 16.8. The number of aromatic nitrogens is 4. The molecule has 0 aliphatic carbocycles. The molecule has 4 aliphatic heterocycles. The van der Waals surface area contributed by atoms with E-state index in [0.29, 0.717) is 54.8 Å². The highest BCUT2D eigenvalue weighted by atomic mass is 32.1. The molecule has 2 bridgehead atoms. The number of β-amino-alcohol motifs (C(OH)–C–C–N with tert-alkyl or cyclic N) is 1. The van der Waals surface area contributed by atoms with Crippen LogP contribution in [-0.2, 0) is 19.1 Å². The van der Waals surface area contributed by atoms with Crippen LogP contribution in [0.3, 0.4) is 0 Å². The number of terminal acetylenes is 1. The number of ether oxygens (including phenoxy) is 2. The highest BCUT2D eigenvalue weighted by Gasteiger charge is 2.45. The average molecular weight is 1120 g/mol. The first-order valence-corrected chi connectivity index (χ1v) is 28.3. The van der Waals surface area contributed by atoms with Crippen molar-refractivity contribution in [3.05, 3.63) is 88.7 Å². The quantitative estimate of drug-likeness (QED) is 0.0394. The van der Waals surface area contributed by atoms with Gasteiger partial charge in [-0.2, -0.15) is 9.97 Å². The van der Waals surface area contributed by atoms with Crippen LogP contribution in [0.25, 0.3) is 43.4 Å². The molecule has 4 saturated heterocycles. The van der Waals surface area contributed by atoms with Crippen LogP contribution < -0.4 is 25.6 Å². The van der Waals surface area contributed by atoms with Crippen molar-refractivity contribution in [2.75, 3.05) is 64.1 Å². The number of halogens is 2. The number of nitrogens with zero attached hydrogens (tertiary/aromatic N) is 7. The van der Waals surface area contributed by atoms with Gasteiger partial charge < -0.3 is 50.5 Å². The van der Waals surface area contributed by atoms with E-state index in [1.54, 1.807) is 5.51 Å². The Balaban J connectivity index is 0.737. The van der Waals surface area contributed by atoms with E-state index in [0.717, 1.165) is 48.4 Å². The summed E-state index contributed by atoms with van der Waals surface area (Å²) in [4.78, 5) is 66.7. The first-order chi connectivity index (χ1) is 38.5. The highest BCUT2D eigenvalue weighted by Crippen LogP contribution is 2.40. The Hall–Kier alpha value is -6.93. The number of rotatable bonds is 19. The van der Waals surface area contributed by atoms with E-state index in [4.69, 9.17) is 20.9 Å². The fourth-order valence-corrected chi connectivity index (χ4v) is 12.5. The van der Waals surface area contributed by atoms with Gasteiger partial charge in [0.05, 0.1) is 52.4 Å². The lowest BCUT2D eigenvalue weighted by molar-refractivity contribution is -0.144. The van der Waals surface area contributed by atoms with Gasteiger partial charge in [0.25, 0.3) is 0 Å². The van der Waals surface area contributed by atoms with Gasteiger partial charge in [0.1, 0.15) is 47.3 Å². The summed E-state index contributed by atoms with van der Waals surface area (Å²) in [6, 6.07) is 10.6. The molecule has 3 aromatic carbocycles. The zero-order chi connectivity index (χ0) is 56.4. The Morgan fingerprint density at radius 2 is 1.77 bits per heavy atom. The van der Waals surface area contributed by atoms with Crippen molar-refractivity contribution < 1.29 is 48.0 Å². The van der Waals surface area contributed by atoms with Gasteiger partial charge in [-0.1, -0.05) is 57.0 Å². The predicted molar refractivity (Wildman–Crippen MR) is 300 cm³/mol. The first-order valence-electron chi connectivity index (χ1n) is 27.4. The number of amides is 3. The zero-order valence-corrected chi connectivity index (χ0v) is 46.2. The monoisotopic (exact) mass is 1110 g/mol. The van der Waals surface area contributed by atoms with E-state index < -0.39 is 59.0 Å². The number of aliphatic hydroxyl groups is 2. The van der Waals surface area contributed by atoms with Crippen LogP contribution >= 0.6 is 11.3 Å². The summed E-state index contributed by atoms with van der Waals surface area (Å²) in [6.07, 6.45) is 10.8. The number of phenols is 1. The van der Waals surface area contributed by atoms with E-state index in [1.165, 1.54) is 46.7 Å². The number of anilines is 1. The Morgan fingerprint density at radius 3 is 2.49 bits per heavy atom. The molecular weight excluding hydrogens is 1050 g/mol. The molecule has 4 aliphatic rings. The first kappa shape index (κ1) is 56.3.